The van der Waals surface area contributed by atoms with Crippen LogP contribution in [0.4, 0.5) is 0 Å². The number of allylic oxidation sites excluding steroid dienone is 1. The number of aliphatic carboxylic acids is 1. The van der Waals surface area contributed by atoms with Crippen molar-refractivity contribution in [3.63, 3.8) is 0 Å². The summed E-state index contributed by atoms with van der Waals surface area (Å²) in [6.45, 7) is 2.02. The number of carboxylic acids is 1. The first-order valence-corrected chi connectivity index (χ1v) is 7.64. The van der Waals surface area contributed by atoms with Crippen molar-refractivity contribution >= 4 is 17.8 Å². The number of hydrogen-bond acceptors (Lipinski definition) is 2. The maximum Gasteiger partial charge on any atom is 0.303 e. The summed E-state index contributed by atoms with van der Waals surface area (Å²) in [6, 6.07) is 15.3. The Hall–Kier alpha value is -2.68. The van der Waals surface area contributed by atoms with Crippen LogP contribution < -0.4 is 0 Å². The van der Waals surface area contributed by atoms with Gasteiger partial charge in [0.25, 0.3) is 0 Å². The SMILES string of the molecule is Cc1ccc(/C=C/C(=O)c2ccc(CCCC(=O)O)cc2)cc1. The Balaban J connectivity index is 1.94. The topological polar surface area (TPSA) is 54.4 Å². The van der Waals surface area contributed by atoms with Crippen molar-refractivity contribution < 1.29 is 14.7 Å². The van der Waals surface area contributed by atoms with Crippen LogP contribution in [0.2, 0.25) is 0 Å². The van der Waals surface area contributed by atoms with Crippen molar-refractivity contribution in [3.8, 4) is 0 Å². The molecule has 0 fully saturated rings. The van der Waals surface area contributed by atoms with Gasteiger partial charge in [0, 0.05) is 12.0 Å². The van der Waals surface area contributed by atoms with E-state index in [-0.39, 0.29) is 12.2 Å². The summed E-state index contributed by atoms with van der Waals surface area (Å²) in [7, 11) is 0. The van der Waals surface area contributed by atoms with Crippen molar-refractivity contribution in [2.45, 2.75) is 26.2 Å². The molecule has 0 amide bonds. The molecule has 0 unspecified atom stereocenters. The highest BCUT2D eigenvalue weighted by Crippen LogP contribution is 2.11. The van der Waals surface area contributed by atoms with E-state index < -0.39 is 5.97 Å². The lowest BCUT2D eigenvalue weighted by molar-refractivity contribution is -0.137. The van der Waals surface area contributed by atoms with E-state index in [4.69, 9.17) is 5.11 Å². The van der Waals surface area contributed by atoms with Crippen LogP contribution >= 0.6 is 0 Å². The summed E-state index contributed by atoms with van der Waals surface area (Å²) < 4.78 is 0. The van der Waals surface area contributed by atoms with Crippen LogP contribution in [0.25, 0.3) is 6.08 Å². The highest BCUT2D eigenvalue weighted by molar-refractivity contribution is 6.06. The molecule has 2 rings (SSSR count). The molecule has 0 aliphatic rings. The smallest absolute Gasteiger partial charge is 0.303 e. The number of aryl methyl sites for hydroxylation is 2. The minimum atomic E-state index is -0.780. The molecular formula is C20H20O3. The molecular weight excluding hydrogens is 288 g/mol. The molecule has 2 aromatic carbocycles. The maximum absolute atomic E-state index is 12.1. The van der Waals surface area contributed by atoms with Gasteiger partial charge in [-0.05, 0) is 37.0 Å². The molecule has 0 heterocycles. The maximum atomic E-state index is 12.1. The molecule has 0 spiro atoms. The molecule has 0 aliphatic carbocycles. The number of hydrogen-bond donors (Lipinski definition) is 1. The zero-order valence-electron chi connectivity index (χ0n) is 13.2. The monoisotopic (exact) mass is 308 g/mol. The Labute approximate surface area is 136 Å². The molecule has 0 saturated carbocycles. The number of carbonyl (C=O) groups excluding carboxylic acids is 1. The summed E-state index contributed by atoms with van der Waals surface area (Å²) in [4.78, 5) is 22.6. The summed E-state index contributed by atoms with van der Waals surface area (Å²) in [5, 5.41) is 8.62. The van der Waals surface area contributed by atoms with E-state index in [1.54, 1.807) is 18.2 Å². The van der Waals surface area contributed by atoms with E-state index in [1.165, 1.54) is 5.56 Å². The second kappa shape index (κ2) is 8.08. The zero-order valence-corrected chi connectivity index (χ0v) is 13.2. The highest BCUT2D eigenvalue weighted by atomic mass is 16.4. The van der Waals surface area contributed by atoms with Crippen LogP contribution in [0.1, 0.15) is 39.9 Å². The standard InChI is InChI=1S/C20H20O3/c1-15-5-7-17(8-6-15)11-14-19(21)18-12-9-16(10-13-18)3-2-4-20(22)23/h5-14H,2-4H2,1H3,(H,22,23)/b14-11+. The number of carboxylic acid groups (broad SMARTS) is 1. The second-order valence-corrected chi connectivity index (χ2v) is 5.55. The van der Waals surface area contributed by atoms with Gasteiger partial charge in [0.1, 0.15) is 0 Å². The fourth-order valence-corrected chi connectivity index (χ4v) is 2.23. The largest absolute Gasteiger partial charge is 0.481 e. The fourth-order valence-electron chi connectivity index (χ4n) is 2.23. The molecule has 23 heavy (non-hydrogen) atoms. The molecule has 0 radical (unpaired) electrons. The van der Waals surface area contributed by atoms with Gasteiger partial charge in [-0.25, -0.2) is 0 Å². The first kappa shape index (κ1) is 16.7. The van der Waals surface area contributed by atoms with Gasteiger partial charge in [-0.2, -0.15) is 0 Å². The predicted octanol–water partition coefficient (Wildman–Crippen LogP) is 4.30. The van der Waals surface area contributed by atoms with Crippen molar-refractivity contribution in [1.82, 2.24) is 0 Å². The van der Waals surface area contributed by atoms with Gasteiger partial charge >= 0.3 is 5.97 Å². The van der Waals surface area contributed by atoms with Crippen LogP contribution in [-0.2, 0) is 11.2 Å². The lowest BCUT2D eigenvalue weighted by Crippen LogP contribution is -1.97. The number of benzene rings is 2. The number of ketones is 1. The highest BCUT2D eigenvalue weighted by Gasteiger charge is 2.03. The Morgan fingerprint density at radius 1 is 1.00 bits per heavy atom. The van der Waals surface area contributed by atoms with Gasteiger partial charge in [-0.3, -0.25) is 9.59 Å². The summed E-state index contributed by atoms with van der Waals surface area (Å²) in [5.74, 6) is -0.819. The van der Waals surface area contributed by atoms with Gasteiger partial charge in [-0.1, -0.05) is 60.2 Å². The van der Waals surface area contributed by atoms with Gasteiger partial charge in [0.15, 0.2) is 5.78 Å². The Morgan fingerprint density at radius 2 is 1.65 bits per heavy atom. The van der Waals surface area contributed by atoms with Gasteiger partial charge in [0.2, 0.25) is 0 Å². The molecule has 0 aliphatic heterocycles. The normalized spacial score (nSPS) is 10.8. The second-order valence-electron chi connectivity index (χ2n) is 5.55. The lowest BCUT2D eigenvalue weighted by atomic mass is 10.0. The summed E-state index contributed by atoms with van der Waals surface area (Å²) in [5.41, 5.74) is 3.86. The van der Waals surface area contributed by atoms with Gasteiger partial charge < -0.3 is 5.11 Å². The van der Waals surface area contributed by atoms with E-state index in [2.05, 4.69) is 0 Å². The van der Waals surface area contributed by atoms with Crippen LogP contribution in [0.5, 0.6) is 0 Å². The molecule has 1 N–H and O–H groups in total. The Bertz CT molecular complexity index is 695. The molecule has 0 atom stereocenters. The average Bonchev–Trinajstić information content (AvgIpc) is 2.54. The molecule has 118 valence electrons. The van der Waals surface area contributed by atoms with Crippen molar-refractivity contribution in [2.75, 3.05) is 0 Å². The molecule has 0 bridgehead atoms. The fraction of sp³-hybridized carbons (Fsp3) is 0.200. The van der Waals surface area contributed by atoms with E-state index in [0.717, 1.165) is 11.1 Å². The molecule has 0 saturated heterocycles. The minimum absolute atomic E-state index is 0.0392. The molecule has 3 nitrogen and oxygen atoms in total. The van der Waals surface area contributed by atoms with Crippen LogP contribution in [0, 0.1) is 6.92 Å². The van der Waals surface area contributed by atoms with E-state index in [0.29, 0.717) is 18.4 Å². The molecule has 0 aromatic heterocycles. The summed E-state index contributed by atoms with van der Waals surface area (Å²) >= 11 is 0. The minimum Gasteiger partial charge on any atom is -0.481 e. The third-order valence-corrected chi connectivity index (χ3v) is 3.60. The predicted molar refractivity (Wildman–Crippen MR) is 91.6 cm³/mol. The first-order chi connectivity index (χ1) is 11.0. The lowest BCUT2D eigenvalue weighted by Gasteiger charge is -2.01. The van der Waals surface area contributed by atoms with Gasteiger partial charge in [-0.15, -0.1) is 0 Å². The summed E-state index contributed by atoms with van der Waals surface area (Å²) in [6.07, 6.45) is 4.86. The number of rotatable bonds is 7. The van der Waals surface area contributed by atoms with Crippen LogP contribution in [0.15, 0.2) is 54.6 Å². The molecule has 2 aromatic rings. The van der Waals surface area contributed by atoms with Crippen molar-refractivity contribution in [1.29, 1.82) is 0 Å². The quantitative estimate of drug-likeness (QED) is 0.613. The zero-order chi connectivity index (χ0) is 16.7. The Morgan fingerprint density at radius 3 is 2.26 bits per heavy atom. The third kappa shape index (κ3) is 5.55. The van der Waals surface area contributed by atoms with E-state index in [9.17, 15) is 9.59 Å². The number of carbonyl (C=O) groups is 2. The van der Waals surface area contributed by atoms with Gasteiger partial charge in [0.05, 0.1) is 0 Å². The van der Waals surface area contributed by atoms with Crippen LogP contribution in [0.3, 0.4) is 0 Å². The Kier molecular flexibility index (Phi) is 5.87. The van der Waals surface area contributed by atoms with Crippen LogP contribution in [-0.4, -0.2) is 16.9 Å². The molecule has 3 heteroatoms. The first-order valence-electron chi connectivity index (χ1n) is 7.64. The van der Waals surface area contributed by atoms with E-state index in [1.807, 2.05) is 49.4 Å². The van der Waals surface area contributed by atoms with Crippen molar-refractivity contribution in [2.24, 2.45) is 0 Å². The van der Waals surface area contributed by atoms with E-state index >= 15 is 0 Å². The van der Waals surface area contributed by atoms with Crippen molar-refractivity contribution in [3.05, 3.63) is 76.9 Å². The average molecular weight is 308 g/mol. The third-order valence-electron chi connectivity index (χ3n) is 3.60.